The molecule has 0 saturated heterocycles. The van der Waals surface area contributed by atoms with E-state index in [1.165, 1.54) is 185 Å². The van der Waals surface area contributed by atoms with E-state index in [1.54, 1.807) is 22.7 Å². The minimum Gasteiger partial charge on any atom is -0.452 e. The van der Waals surface area contributed by atoms with Crippen LogP contribution < -0.4 is 0 Å². The van der Waals surface area contributed by atoms with Crippen LogP contribution in [0, 0.1) is 0 Å². The second kappa shape index (κ2) is 32.3. The van der Waals surface area contributed by atoms with Crippen LogP contribution in [-0.4, -0.2) is 43.6 Å². The van der Waals surface area contributed by atoms with E-state index in [0.717, 1.165) is 114 Å². The fourth-order valence-corrected chi connectivity index (χ4v) is 33.1. The lowest BCUT2D eigenvalue weighted by atomic mass is 10.00. The zero-order valence-electron chi connectivity index (χ0n) is 78.0. The summed E-state index contributed by atoms with van der Waals surface area (Å²) in [4.78, 5) is 38.3. The molecule has 148 heavy (non-hydrogen) atoms. The summed E-state index contributed by atoms with van der Waals surface area (Å²) >= 11 is 14.7. The van der Waals surface area contributed by atoms with Gasteiger partial charge in [0, 0.05) is 186 Å². The van der Waals surface area contributed by atoms with Crippen molar-refractivity contribution >= 4 is 343 Å². The highest BCUT2D eigenvalue weighted by molar-refractivity contribution is 8.05. The molecule has 0 bridgehead atoms. The molecule has 0 unspecified atom stereocenters. The fraction of sp³-hybridized carbons (Fsp3) is 0. The first kappa shape index (κ1) is 83.4. The average molecular weight is 2030 g/mol. The third-order valence-corrected chi connectivity index (χ3v) is 39.6. The number of aromatic nitrogens is 9. The van der Waals surface area contributed by atoms with Crippen LogP contribution in [0.1, 0.15) is 0 Å². The molecule has 0 fully saturated rings. The molecule has 1 aliphatic heterocycles. The van der Waals surface area contributed by atoms with E-state index in [9.17, 15) is 0 Å². The summed E-state index contributed by atoms with van der Waals surface area (Å²) in [7, 11) is 0. The number of hydrogen-bond acceptors (Lipinski definition) is 15. The summed E-state index contributed by atoms with van der Waals surface area (Å²) in [5.74, 6) is 2.03. The van der Waals surface area contributed by atoms with Gasteiger partial charge >= 0.3 is 0 Å². The number of nitrogens with zero attached hydrogens (tertiary/aromatic N) is 9. The zero-order chi connectivity index (χ0) is 96.3. The molecule has 0 amide bonds. The molecule has 35 rings (SSSR count). The van der Waals surface area contributed by atoms with Gasteiger partial charge in [-0.1, -0.05) is 351 Å². The molecule has 14 heterocycles. The maximum absolute atomic E-state index is 6.63. The van der Waals surface area contributed by atoms with Gasteiger partial charge in [0.2, 0.25) is 17.8 Å². The quantitative estimate of drug-likeness (QED) is 0.161. The van der Waals surface area contributed by atoms with Crippen molar-refractivity contribution in [1.82, 2.24) is 43.6 Å². The van der Waals surface area contributed by atoms with E-state index in [-0.39, 0.29) is 0 Å². The molecule has 688 valence electrons. The Hall–Kier alpha value is -16.9. The number of hydrogen-bond donors (Lipinski definition) is 0. The van der Waals surface area contributed by atoms with Crippen LogP contribution in [0.2, 0.25) is 0 Å². The lowest BCUT2D eigenvalue weighted by Gasteiger charge is -2.21. The fourth-order valence-electron chi connectivity index (χ4n) is 23.6. The molecule has 0 spiro atoms. The van der Waals surface area contributed by atoms with Gasteiger partial charge < -0.3 is 4.42 Å². The van der Waals surface area contributed by atoms with E-state index in [1.807, 2.05) is 74.9 Å². The summed E-state index contributed by atoms with van der Waals surface area (Å²) in [6.45, 7) is 0. The minimum atomic E-state index is 0.630. The van der Waals surface area contributed by atoms with Crippen molar-refractivity contribution in [1.29, 1.82) is 0 Å². The highest BCUT2D eigenvalue weighted by Crippen LogP contribution is 2.58. The van der Waals surface area contributed by atoms with Gasteiger partial charge in [-0.15, -0.1) is 68.0 Å². The molecule has 0 atom stereocenters. The van der Waals surface area contributed by atoms with Gasteiger partial charge in [0.1, 0.15) is 16.8 Å². The predicted octanol–water partition coefficient (Wildman–Crippen LogP) is 39.1. The lowest BCUT2D eigenvalue weighted by molar-refractivity contribution is 0.667. The first-order chi connectivity index (χ1) is 73.4. The molecule has 0 radical (unpaired) electrons. The predicted molar refractivity (Wildman–Crippen MR) is 635 cm³/mol. The van der Waals surface area contributed by atoms with Gasteiger partial charge in [0.05, 0.1) is 70.3 Å². The van der Waals surface area contributed by atoms with Crippen LogP contribution in [0.5, 0.6) is 0 Å². The Bertz CT molecular complexity index is 11800. The second-order valence-corrected chi connectivity index (χ2v) is 46.3. The Morgan fingerprint density at radius 3 is 1.07 bits per heavy atom. The maximum Gasteiger partial charge on any atom is 0.236 e. The molecule has 18 heteroatoms. The van der Waals surface area contributed by atoms with Crippen molar-refractivity contribution in [3.63, 3.8) is 0 Å². The lowest BCUT2D eigenvalue weighted by Crippen LogP contribution is -2.04. The summed E-state index contributed by atoms with van der Waals surface area (Å²) < 4.78 is 28.6. The first-order valence-electron chi connectivity index (χ1n) is 49.3. The molecule has 34 aromatic rings. The Kier molecular flexibility index (Phi) is 18.2. The molecule has 0 saturated carbocycles. The highest BCUT2D eigenvalue weighted by atomic mass is 32.2. The number of para-hydroxylation sites is 3. The summed E-state index contributed by atoms with van der Waals surface area (Å²) in [6, 6.07) is 150. The van der Waals surface area contributed by atoms with E-state index in [0.29, 0.717) is 23.4 Å². The van der Waals surface area contributed by atoms with Gasteiger partial charge in [0.15, 0.2) is 5.58 Å². The van der Waals surface area contributed by atoms with Crippen molar-refractivity contribution < 1.29 is 4.42 Å². The van der Waals surface area contributed by atoms with Crippen LogP contribution >= 0.6 is 91.5 Å². The SMILES string of the molecule is c1ccc(-c2nc(-n3c4ccccc4c4c5ccccc5c5sc6ccccc6c5c43)nc3c2oc2ccc4ccccc4c23)cc1.c1ccc2c(c1)Sc1cccc(-c3nc(-n4c5ccccc5c5c6ccccc6c6sc7ccccc7c6c54)nc4c3sc3ccccc34)c1S2.c1ccc2c(c1)sc1ccc(-c3nc(-n4c5ccccc5c5c6ccccc6c6sc7ccccc7c6c54)nc4c3sc3ccccc34)cc12. The van der Waals surface area contributed by atoms with Crippen molar-refractivity contribution in [3.05, 3.63) is 419 Å². The second-order valence-electron chi connectivity index (χ2n) is 37.8. The third kappa shape index (κ3) is 12.2. The number of rotatable bonds is 6. The minimum absolute atomic E-state index is 0.630. The molecule has 0 aliphatic carbocycles. The van der Waals surface area contributed by atoms with E-state index in [2.05, 4.69) is 426 Å². The molecule has 0 N–H and O–H groups in total. The molecular formula is C130H69N9OS8. The normalized spacial score (nSPS) is 12.5. The smallest absolute Gasteiger partial charge is 0.236 e. The number of fused-ring (bicyclic) bond motifs is 46. The highest BCUT2D eigenvalue weighted by Gasteiger charge is 2.33. The van der Waals surface area contributed by atoms with E-state index >= 15 is 0 Å². The summed E-state index contributed by atoms with van der Waals surface area (Å²) in [5, 5.41) is 30.6. The van der Waals surface area contributed by atoms with Gasteiger partial charge in [-0.2, -0.15) is 0 Å². The average Bonchev–Trinajstić information content (AvgIpc) is 1.54. The van der Waals surface area contributed by atoms with Gasteiger partial charge in [0.25, 0.3) is 0 Å². The van der Waals surface area contributed by atoms with Crippen LogP contribution in [0.4, 0.5) is 0 Å². The van der Waals surface area contributed by atoms with Gasteiger partial charge in [-0.05, 0) is 118 Å². The molecule has 13 aromatic heterocycles. The largest absolute Gasteiger partial charge is 0.452 e. The van der Waals surface area contributed by atoms with E-state index < -0.39 is 0 Å². The monoisotopic (exact) mass is 2030 g/mol. The first-order valence-corrected chi connectivity index (χ1v) is 55.8. The van der Waals surface area contributed by atoms with E-state index in [4.69, 9.17) is 34.3 Å². The molecule has 1 aliphatic rings. The van der Waals surface area contributed by atoms with Crippen LogP contribution in [-0.2, 0) is 0 Å². The van der Waals surface area contributed by atoms with Crippen LogP contribution in [0.15, 0.2) is 443 Å². The van der Waals surface area contributed by atoms with Crippen molar-refractivity contribution in [3.8, 4) is 51.6 Å². The Morgan fingerprint density at radius 1 is 0.203 bits per heavy atom. The van der Waals surface area contributed by atoms with Gasteiger partial charge in [-0.25, -0.2) is 29.9 Å². The topological polar surface area (TPSA) is 105 Å². The number of thiophene rings is 6. The molecule has 10 nitrogen and oxygen atoms in total. The van der Waals surface area contributed by atoms with Crippen molar-refractivity contribution in [2.75, 3.05) is 0 Å². The van der Waals surface area contributed by atoms with Crippen LogP contribution in [0.25, 0.3) is 303 Å². The van der Waals surface area contributed by atoms with Gasteiger partial charge in [-0.3, -0.25) is 13.7 Å². The standard InChI is InChI=1S/C44H23N3S4.C44H23N3S3.C42H23N3OS/c1-2-13-25-24(12-1)36-26-14-3-6-18-30(26)47(40(36)37-27-15-4-7-19-31(27)49-42(25)37)44-45-38-28-16-5-8-20-32(28)50-43(38)39(46-44)29-17-11-23-35-41(29)51-34-22-10-9-21-33(34)48-35;1-2-13-27-26(12-1)37-28-14-3-7-17-32(28)47(41(37)38-29-15-5-9-19-34(29)49-42(27)38)44-45-39(43-40(46-44)30-16-6-10-20-35(30)50-43)24-21-22-36-31(23-24)25-11-4-8-18-33(25)48-36;1-2-13-25(14-3-1)37-40-38(35-26-15-5-4-12-24(26)22-23-32(35)46-40)44-42(43-37)45-31-20-10-8-18-29(31)34-27-16-6-7-17-28(27)41-36(39(34)45)30-19-9-11-21-33(30)47-41/h1-23H;1-23H;1-23H. The Balaban J connectivity index is 0.0000000967. The summed E-state index contributed by atoms with van der Waals surface area (Å²) in [6.07, 6.45) is 0. The summed E-state index contributed by atoms with van der Waals surface area (Å²) in [5.41, 5.74) is 17.1. The van der Waals surface area contributed by atoms with Crippen molar-refractivity contribution in [2.24, 2.45) is 0 Å². The third-order valence-electron chi connectivity index (χ3n) is 29.9. The molecule has 21 aromatic carbocycles. The number of benzene rings is 21. The Morgan fingerprint density at radius 2 is 0.568 bits per heavy atom. The maximum atomic E-state index is 6.63. The van der Waals surface area contributed by atoms with Crippen molar-refractivity contribution in [2.45, 2.75) is 19.6 Å². The molecular weight excluding hydrogens is 1960 g/mol. The Labute approximate surface area is 873 Å². The zero-order valence-corrected chi connectivity index (χ0v) is 84.6. The van der Waals surface area contributed by atoms with Crippen LogP contribution in [0.3, 0.4) is 0 Å². The number of furan rings is 1.